The van der Waals surface area contributed by atoms with Gasteiger partial charge in [0.15, 0.2) is 0 Å². The van der Waals surface area contributed by atoms with Crippen LogP contribution in [-0.2, 0) is 0 Å². The molecule has 9 heavy (non-hydrogen) atoms. The number of hydroxylamine groups is 1. The van der Waals surface area contributed by atoms with E-state index in [1.807, 2.05) is 6.92 Å². The van der Waals surface area contributed by atoms with Crippen molar-refractivity contribution in [3.63, 3.8) is 0 Å². The van der Waals surface area contributed by atoms with Gasteiger partial charge in [-0.2, -0.15) is 0 Å². The monoisotopic (exact) mass is 133 g/mol. The van der Waals surface area contributed by atoms with Crippen LogP contribution in [0.15, 0.2) is 0 Å². The quantitative estimate of drug-likeness (QED) is 0.475. The lowest BCUT2D eigenvalue weighted by Gasteiger charge is -2.08. The van der Waals surface area contributed by atoms with E-state index in [0.29, 0.717) is 12.5 Å². The van der Waals surface area contributed by atoms with Gasteiger partial charge in [-0.1, -0.05) is 13.3 Å². The summed E-state index contributed by atoms with van der Waals surface area (Å²) in [6.07, 6.45) is 1.81. The summed E-state index contributed by atoms with van der Waals surface area (Å²) in [5.41, 5.74) is 2.06. The second-order valence-corrected chi connectivity index (χ2v) is 2.15. The number of hydrogen-bond acceptors (Lipinski definition) is 3. The molecule has 0 spiro atoms. The van der Waals surface area contributed by atoms with E-state index in [0.717, 1.165) is 12.8 Å². The third-order valence-corrected chi connectivity index (χ3v) is 1.50. The molecule has 0 aliphatic rings. The van der Waals surface area contributed by atoms with Crippen molar-refractivity contribution in [1.82, 2.24) is 5.48 Å². The number of aliphatic hydroxyl groups is 1. The fourth-order valence-corrected chi connectivity index (χ4v) is 0.693. The van der Waals surface area contributed by atoms with Crippen molar-refractivity contribution in [3.8, 4) is 0 Å². The summed E-state index contributed by atoms with van der Waals surface area (Å²) in [6, 6.07) is 0. The number of hydrogen-bond donors (Lipinski definition) is 3. The van der Waals surface area contributed by atoms with Crippen molar-refractivity contribution in [2.75, 3.05) is 13.2 Å². The molecule has 3 nitrogen and oxygen atoms in total. The molecule has 0 aromatic rings. The van der Waals surface area contributed by atoms with Crippen molar-refractivity contribution in [3.05, 3.63) is 0 Å². The van der Waals surface area contributed by atoms with Crippen LogP contribution in [0.1, 0.15) is 19.8 Å². The highest BCUT2D eigenvalue weighted by molar-refractivity contribution is 4.54. The van der Waals surface area contributed by atoms with E-state index >= 15 is 0 Å². The Labute approximate surface area is 55.7 Å². The Morgan fingerprint density at radius 3 is 2.56 bits per heavy atom. The molecule has 0 aliphatic heterocycles. The molecule has 0 heterocycles. The van der Waals surface area contributed by atoms with Crippen LogP contribution in [0.2, 0.25) is 0 Å². The van der Waals surface area contributed by atoms with E-state index < -0.39 is 0 Å². The molecule has 1 atom stereocenters. The van der Waals surface area contributed by atoms with Crippen LogP contribution >= 0.6 is 0 Å². The summed E-state index contributed by atoms with van der Waals surface area (Å²) < 4.78 is 0. The highest BCUT2D eigenvalue weighted by atomic mass is 16.5. The summed E-state index contributed by atoms with van der Waals surface area (Å²) in [5, 5.41) is 16.8. The highest BCUT2D eigenvalue weighted by Crippen LogP contribution is 2.04. The molecule has 56 valence electrons. The molecule has 0 aromatic heterocycles. The average Bonchev–Trinajstić information content (AvgIpc) is 1.91. The minimum Gasteiger partial charge on any atom is -0.396 e. The first-order valence-corrected chi connectivity index (χ1v) is 3.33. The second kappa shape index (κ2) is 6.01. The fourth-order valence-electron chi connectivity index (χ4n) is 0.693. The van der Waals surface area contributed by atoms with E-state index in [1.54, 1.807) is 0 Å². The third-order valence-electron chi connectivity index (χ3n) is 1.50. The summed E-state index contributed by atoms with van der Waals surface area (Å²) >= 11 is 0. The van der Waals surface area contributed by atoms with Gasteiger partial charge in [0, 0.05) is 13.2 Å². The van der Waals surface area contributed by atoms with Gasteiger partial charge in [-0.3, -0.25) is 0 Å². The fraction of sp³-hybridized carbons (Fsp3) is 1.00. The lowest BCUT2D eigenvalue weighted by Crippen LogP contribution is -2.15. The molecule has 0 rings (SSSR count). The van der Waals surface area contributed by atoms with E-state index in [9.17, 15) is 0 Å². The normalized spacial score (nSPS) is 13.7. The maximum Gasteiger partial charge on any atom is 0.0459 e. The first-order valence-electron chi connectivity index (χ1n) is 3.33. The van der Waals surface area contributed by atoms with Crippen LogP contribution in [0.25, 0.3) is 0 Å². The molecular weight excluding hydrogens is 118 g/mol. The van der Waals surface area contributed by atoms with Crippen molar-refractivity contribution < 1.29 is 10.3 Å². The maximum absolute atomic E-state index is 8.64. The Kier molecular flexibility index (Phi) is 5.93. The van der Waals surface area contributed by atoms with E-state index in [2.05, 4.69) is 5.48 Å². The Hall–Kier alpha value is -0.120. The van der Waals surface area contributed by atoms with Gasteiger partial charge in [-0.25, -0.2) is 5.48 Å². The lowest BCUT2D eigenvalue weighted by molar-refractivity contribution is 0.145. The van der Waals surface area contributed by atoms with Gasteiger partial charge in [0.25, 0.3) is 0 Å². The number of nitrogens with one attached hydrogen (secondary N) is 1. The smallest absolute Gasteiger partial charge is 0.0459 e. The van der Waals surface area contributed by atoms with E-state index in [-0.39, 0.29) is 6.61 Å². The van der Waals surface area contributed by atoms with Gasteiger partial charge in [0.05, 0.1) is 0 Å². The predicted octanol–water partition coefficient (Wildman–Crippen LogP) is 0.374. The van der Waals surface area contributed by atoms with Crippen LogP contribution in [0.4, 0.5) is 0 Å². The van der Waals surface area contributed by atoms with Crippen molar-refractivity contribution >= 4 is 0 Å². The van der Waals surface area contributed by atoms with Gasteiger partial charge < -0.3 is 10.3 Å². The summed E-state index contributed by atoms with van der Waals surface area (Å²) in [4.78, 5) is 0. The first kappa shape index (κ1) is 8.88. The third kappa shape index (κ3) is 4.39. The van der Waals surface area contributed by atoms with Crippen LogP contribution in [0.3, 0.4) is 0 Å². The number of rotatable bonds is 5. The van der Waals surface area contributed by atoms with Gasteiger partial charge in [0.1, 0.15) is 0 Å². The largest absolute Gasteiger partial charge is 0.396 e. The summed E-state index contributed by atoms with van der Waals surface area (Å²) in [5.74, 6) is 0.338. The molecule has 3 heteroatoms. The van der Waals surface area contributed by atoms with Crippen LogP contribution in [-0.4, -0.2) is 23.5 Å². The molecule has 0 radical (unpaired) electrons. The molecular formula is C6H15NO2. The van der Waals surface area contributed by atoms with Crippen LogP contribution in [0, 0.1) is 5.92 Å². The Balaban J connectivity index is 3.09. The minimum atomic E-state index is 0.220. The average molecular weight is 133 g/mol. The zero-order valence-corrected chi connectivity index (χ0v) is 5.80. The molecule has 0 amide bonds. The minimum absolute atomic E-state index is 0.220. The lowest BCUT2D eigenvalue weighted by atomic mass is 10.0. The number of aliphatic hydroxyl groups excluding tert-OH is 1. The molecule has 0 saturated heterocycles. The molecule has 0 fully saturated rings. The standard InChI is InChI=1S/C6H15NO2/c1-2-6(5-8)3-4-7-9/h6-9H,2-5H2,1H3. The van der Waals surface area contributed by atoms with Gasteiger partial charge in [-0.05, 0) is 12.3 Å². The van der Waals surface area contributed by atoms with Gasteiger partial charge in [-0.15, -0.1) is 0 Å². The zero-order chi connectivity index (χ0) is 7.11. The van der Waals surface area contributed by atoms with Crippen LogP contribution in [0.5, 0.6) is 0 Å². The maximum atomic E-state index is 8.64. The first-order chi connectivity index (χ1) is 4.35. The molecule has 0 saturated carbocycles. The van der Waals surface area contributed by atoms with E-state index in [4.69, 9.17) is 10.3 Å². The molecule has 0 bridgehead atoms. The van der Waals surface area contributed by atoms with Crippen molar-refractivity contribution in [1.29, 1.82) is 0 Å². The highest BCUT2D eigenvalue weighted by Gasteiger charge is 2.01. The topological polar surface area (TPSA) is 52.5 Å². The molecule has 3 N–H and O–H groups in total. The molecule has 0 aliphatic carbocycles. The van der Waals surface area contributed by atoms with Gasteiger partial charge >= 0.3 is 0 Å². The summed E-state index contributed by atoms with van der Waals surface area (Å²) in [6.45, 7) is 2.81. The Bertz CT molecular complexity index is 55.0. The Morgan fingerprint density at radius 2 is 2.22 bits per heavy atom. The SMILES string of the molecule is CCC(CO)CCNO. The summed E-state index contributed by atoms with van der Waals surface area (Å²) in [7, 11) is 0. The van der Waals surface area contributed by atoms with E-state index in [1.165, 1.54) is 0 Å². The van der Waals surface area contributed by atoms with Gasteiger partial charge in [0.2, 0.25) is 0 Å². The van der Waals surface area contributed by atoms with Crippen LogP contribution < -0.4 is 5.48 Å². The zero-order valence-electron chi connectivity index (χ0n) is 5.80. The molecule has 0 aromatic carbocycles. The molecule has 1 unspecified atom stereocenters. The van der Waals surface area contributed by atoms with Crippen molar-refractivity contribution in [2.45, 2.75) is 19.8 Å². The van der Waals surface area contributed by atoms with Crippen molar-refractivity contribution in [2.24, 2.45) is 5.92 Å². The second-order valence-electron chi connectivity index (χ2n) is 2.15. The predicted molar refractivity (Wildman–Crippen MR) is 35.3 cm³/mol. The Morgan fingerprint density at radius 1 is 1.56 bits per heavy atom.